The summed E-state index contributed by atoms with van der Waals surface area (Å²) >= 11 is 1.65. The molecule has 0 spiro atoms. The molecular weight excluding hydrogens is 260 g/mol. The smallest absolute Gasteiger partial charge is 0.239 e. The van der Waals surface area contributed by atoms with Crippen LogP contribution in [0.5, 0.6) is 0 Å². The average molecular weight is 282 g/mol. The third-order valence-corrected chi connectivity index (χ3v) is 4.33. The maximum atomic E-state index is 11.9. The van der Waals surface area contributed by atoms with E-state index >= 15 is 0 Å². The van der Waals surface area contributed by atoms with E-state index in [1.807, 2.05) is 13.2 Å². The predicted octanol–water partition coefficient (Wildman–Crippen LogP) is -0.0417. The number of likely N-dealkylation sites (N-methyl/N-ethyl adjacent to an activating group) is 1. The fourth-order valence-corrected chi connectivity index (χ4v) is 2.68. The van der Waals surface area contributed by atoms with Gasteiger partial charge in [0.15, 0.2) is 0 Å². The predicted molar refractivity (Wildman–Crippen MR) is 72.9 cm³/mol. The number of thioether (sulfide) groups is 1. The van der Waals surface area contributed by atoms with Gasteiger partial charge in [0.1, 0.15) is 9.84 Å². The highest BCUT2D eigenvalue weighted by molar-refractivity contribution is 7.98. The molecular formula is C10H22N2O3S2. The number of hydrogen-bond acceptors (Lipinski definition) is 5. The first-order valence-corrected chi connectivity index (χ1v) is 8.83. The lowest BCUT2D eigenvalue weighted by atomic mass is 10.2. The highest BCUT2D eigenvalue weighted by Crippen LogP contribution is 2.06. The molecule has 0 aliphatic heterocycles. The summed E-state index contributed by atoms with van der Waals surface area (Å²) < 4.78 is 22.0. The number of sulfone groups is 1. The molecule has 5 nitrogen and oxygen atoms in total. The van der Waals surface area contributed by atoms with E-state index in [1.165, 1.54) is 0 Å². The van der Waals surface area contributed by atoms with Gasteiger partial charge in [0.2, 0.25) is 5.91 Å². The third-order valence-electron chi connectivity index (χ3n) is 2.53. The first-order valence-electron chi connectivity index (χ1n) is 5.38. The number of carbonyl (C=O) groups is 1. The van der Waals surface area contributed by atoms with Crippen molar-refractivity contribution in [1.29, 1.82) is 0 Å². The van der Waals surface area contributed by atoms with Gasteiger partial charge in [-0.05, 0) is 19.6 Å². The first kappa shape index (κ1) is 16.7. The summed E-state index contributed by atoms with van der Waals surface area (Å²) in [6.07, 6.45) is 3.29. The summed E-state index contributed by atoms with van der Waals surface area (Å²) in [6, 6.07) is -0.638. The fourth-order valence-electron chi connectivity index (χ4n) is 1.30. The number of nitrogens with two attached hydrogens (primary N) is 1. The molecule has 2 N–H and O–H groups in total. The van der Waals surface area contributed by atoms with E-state index in [1.54, 1.807) is 23.7 Å². The molecule has 0 saturated heterocycles. The summed E-state index contributed by atoms with van der Waals surface area (Å²) in [4.78, 5) is 13.5. The van der Waals surface area contributed by atoms with E-state index in [0.717, 1.165) is 12.0 Å². The van der Waals surface area contributed by atoms with Gasteiger partial charge in [-0.25, -0.2) is 8.42 Å². The van der Waals surface area contributed by atoms with Gasteiger partial charge in [-0.2, -0.15) is 11.8 Å². The second-order valence-electron chi connectivity index (χ2n) is 4.28. The lowest BCUT2D eigenvalue weighted by molar-refractivity contribution is -0.132. The van der Waals surface area contributed by atoms with Crippen LogP contribution in [0.1, 0.15) is 13.3 Å². The number of hydrogen-bond donors (Lipinski definition) is 1. The Labute approximate surface area is 108 Å². The van der Waals surface area contributed by atoms with Crippen LogP contribution in [0.2, 0.25) is 0 Å². The lowest BCUT2D eigenvalue weighted by Crippen LogP contribution is -2.47. The van der Waals surface area contributed by atoms with Gasteiger partial charge in [0, 0.05) is 25.1 Å². The van der Waals surface area contributed by atoms with Gasteiger partial charge in [0.05, 0.1) is 11.8 Å². The maximum absolute atomic E-state index is 11.9. The number of rotatable bonds is 7. The van der Waals surface area contributed by atoms with Crippen LogP contribution >= 0.6 is 11.8 Å². The van der Waals surface area contributed by atoms with Crippen molar-refractivity contribution in [3.05, 3.63) is 0 Å². The molecule has 0 bridgehead atoms. The quantitative estimate of drug-likeness (QED) is 0.708. The van der Waals surface area contributed by atoms with Crippen LogP contribution in [0, 0.1) is 0 Å². The summed E-state index contributed by atoms with van der Waals surface area (Å²) in [5.41, 5.74) is 5.70. The average Bonchev–Trinajstić information content (AvgIpc) is 2.23. The molecule has 1 amide bonds. The molecule has 0 heterocycles. The fraction of sp³-hybridized carbons (Fsp3) is 0.900. The van der Waals surface area contributed by atoms with Gasteiger partial charge in [-0.1, -0.05) is 0 Å². The van der Waals surface area contributed by atoms with Gasteiger partial charge >= 0.3 is 0 Å². The molecule has 0 aromatic rings. The summed E-state index contributed by atoms with van der Waals surface area (Å²) in [5, 5.41) is 0. The van der Waals surface area contributed by atoms with E-state index in [-0.39, 0.29) is 24.1 Å². The van der Waals surface area contributed by atoms with Crippen molar-refractivity contribution in [2.24, 2.45) is 5.73 Å². The van der Waals surface area contributed by atoms with Gasteiger partial charge < -0.3 is 10.6 Å². The summed E-state index contributed by atoms with van der Waals surface area (Å²) in [7, 11) is -1.37. The zero-order valence-corrected chi connectivity index (χ0v) is 12.5. The van der Waals surface area contributed by atoms with Crippen molar-refractivity contribution in [1.82, 2.24) is 4.90 Å². The van der Waals surface area contributed by atoms with Crippen molar-refractivity contribution < 1.29 is 13.2 Å². The molecule has 102 valence electrons. The highest BCUT2D eigenvalue weighted by atomic mass is 32.2. The lowest BCUT2D eigenvalue weighted by Gasteiger charge is -2.27. The van der Waals surface area contributed by atoms with Crippen LogP contribution in [-0.2, 0) is 14.6 Å². The monoisotopic (exact) mass is 282 g/mol. The van der Waals surface area contributed by atoms with Gasteiger partial charge in [-0.15, -0.1) is 0 Å². The molecule has 0 aliphatic rings. The minimum Gasteiger partial charge on any atom is -0.341 e. The van der Waals surface area contributed by atoms with E-state index in [0.29, 0.717) is 0 Å². The molecule has 17 heavy (non-hydrogen) atoms. The summed E-state index contributed by atoms with van der Waals surface area (Å²) in [6.45, 7) is 1.94. The Morgan fingerprint density at radius 1 is 1.47 bits per heavy atom. The van der Waals surface area contributed by atoms with Crippen LogP contribution < -0.4 is 5.73 Å². The van der Waals surface area contributed by atoms with Crippen molar-refractivity contribution in [3.63, 3.8) is 0 Å². The van der Waals surface area contributed by atoms with Crippen LogP contribution in [0.15, 0.2) is 0 Å². The van der Waals surface area contributed by atoms with E-state index in [9.17, 15) is 13.2 Å². The van der Waals surface area contributed by atoms with Crippen molar-refractivity contribution >= 4 is 27.5 Å². The largest absolute Gasteiger partial charge is 0.341 e. The number of carbonyl (C=O) groups excluding carboxylic acids is 1. The Morgan fingerprint density at radius 3 is 2.41 bits per heavy atom. The molecule has 0 fully saturated rings. The van der Waals surface area contributed by atoms with Crippen LogP contribution in [0.25, 0.3) is 0 Å². The zero-order chi connectivity index (χ0) is 13.6. The van der Waals surface area contributed by atoms with Gasteiger partial charge in [-0.3, -0.25) is 4.79 Å². The van der Waals surface area contributed by atoms with E-state index < -0.39 is 15.9 Å². The minimum absolute atomic E-state index is 0.0509. The maximum Gasteiger partial charge on any atom is 0.239 e. The Morgan fingerprint density at radius 2 is 2.00 bits per heavy atom. The zero-order valence-electron chi connectivity index (χ0n) is 10.8. The van der Waals surface area contributed by atoms with Crippen molar-refractivity contribution in [2.45, 2.75) is 25.4 Å². The normalized spacial score (nSPS) is 15.4. The Kier molecular flexibility index (Phi) is 7.11. The molecule has 0 saturated carbocycles. The Hall–Kier alpha value is -0.270. The molecule has 0 aromatic carbocycles. The van der Waals surface area contributed by atoms with E-state index in [4.69, 9.17) is 5.73 Å². The standard InChI is InChI=1S/C10H22N2O3S2/c1-8(7-16-3)12(2)10(13)9(11)5-6-17(4,14)15/h8-9H,5-7,11H2,1-4H3. The van der Waals surface area contributed by atoms with Crippen molar-refractivity contribution in [2.75, 3.05) is 31.1 Å². The number of nitrogens with zero attached hydrogens (tertiary/aromatic N) is 1. The Bertz CT molecular complexity index is 343. The Balaban J connectivity index is 4.30. The van der Waals surface area contributed by atoms with Crippen LogP contribution in [-0.4, -0.2) is 62.4 Å². The second kappa shape index (κ2) is 7.23. The highest BCUT2D eigenvalue weighted by Gasteiger charge is 2.22. The topological polar surface area (TPSA) is 80.5 Å². The molecule has 0 aromatic heterocycles. The third kappa shape index (κ3) is 6.90. The molecule has 0 rings (SSSR count). The van der Waals surface area contributed by atoms with E-state index in [2.05, 4.69) is 0 Å². The molecule has 7 heteroatoms. The first-order chi connectivity index (χ1) is 7.69. The SMILES string of the molecule is CSCC(C)N(C)C(=O)C(N)CCS(C)(=O)=O. The minimum atomic E-state index is -3.06. The van der Waals surface area contributed by atoms with Crippen LogP contribution in [0.3, 0.4) is 0 Å². The number of amides is 1. The molecule has 2 unspecified atom stereocenters. The second-order valence-corrected chi connectivity index (χ2v) is 7.45. The molecule has 2 atom stereocenters. The summed E-state index contributed by atoms with van der Waals surface area (Å²) in [5.74, 6) is 0.585. The molecule has 0 radical (unpaired) electrons. The van der Waals surface area contributed by atoms with Gasteiger partial charge in [0.25, 0.3) is 0 Å². The van der Waals surface area contributed by atoms with Crippen LogP contribution in [0.4, 0.5) is 0 Å². The van der Waals surface area contributed by atoms with Crippen molar-refractivity contribution in [3.8, 4) is 0 Å². The molecule has 0 aliphatic carbocycles.